The highest BCUT2D eigenvalue weighted by Gasteiger charge is 2.48. The van der Waals surface area contributed by atoms with E-state index in [9.17, 15) is 19.5 Å². The first-order chi connectivity index (χ1) is 21.7. The van der Waals surface area contributed by atoms with Crippen molar-refractivity contribution in [3.05, 3.63) is 53.7 Å². The highest BCUT2D eigenvalue weighted by molar-refractivity contribution is 5.89. The zero-order chi connectivity index (χ0) is 32.1. The lowest BCUT2D eigenvalue weighted by Crippen LogP contribution is -3.19. The Morgan fingerprint density at radius 2 is 1.87 bits per heavy atom. The van der Waals surface area contributed by atoms with E-state index in [0.717, 1.165) is 30.5 Å². The molecule has 45 heavy (non-hydrogen) atoms. The molecule has 0 saturated carbocycles. The van der Waals surface area contributed by atoms with E-state index in [2.05, 4.69) is 10.3 Å². The molecule has 1 saturated heterocycles. The van der Waals surface area contributed by atoms with E-state index < -0.39 is 30.1 Å². The van der Waals surface area contributed by atoms with E-state index in [1.54, 1.807) is 19.1 Å². The lowest BCUT2D eigenvalue weighted by atomic mass is 10.1. The number of pyridine rings is 1. The zero-order valence-corrected chi connectivity index (χ0v) is 26.2. The summed E-state index contributed by atoms with van der Waals surface area (Å²) in [5, 5.41) is 13.2. The van der Waals surface area contributed by atoms with Crippen molar-refractivity contribution in [3.8, 4) is 23.1 Å². The molecule has 2 aromatic heterocycles. The number of fused-ring (bicyclic) bond motifs is 2. The number of urea groups is 1. The molecule has 4 unspecified atom stereocenters. The number of hydrogen-bond donors (Lipinski definition) is 3. The number of hydrogen-bond acceptors (Lipinski definition) is 8. The molecule has 1 fully saturated rings. The van der Waals surface area contributed by atoms with Gasteiger partial charge in [-0.15, -0.1) is 0 Å². The minimum absolute atomic E-state index is 0.200. The predicted molar refractivity (Wildman–Crippen MR) is 167 cm³/mol. The van der Waals surface area contributed by atoms with Crippen molar-refractivity contribution in [3.63, 3.8) is 0 Å². The van der Waals surface area contributed by atoms with Gasteiger partial charge >= 0.3 is 12.0 Å². The molecule has 5 rings (SSSR count). The normalized spacial score (nSPS) is 23.2. The van der Waals surface area contributed by atoms with Crippen LogP contribution in [0.1, 0.15) is 49.8 Å². The van der Waals surface area contributed by atoms with Crippen molar-refractivity contribution < 1.29 is 33.9 Å². The second kappa shape index (κ2) is 14.0. The standard InChI is InChI=1S/C33H40N6O6/c1-20-12-11-14-24(34-20)29-36-28-21(2)27(44-4)16-15-23(28)31(37-29)45-22-18-26-30(40)35-25(32(41)42)13-9-7-5-6-8-10-17-38(3)33(43)39(26)19-22/h5,7,11-12,14-16,22,25-26H,6,8-10,13,17-19H2,1-4H3,(H,35,40)(H,41,42)/p+1. The van der Waals surface area contributed by atoms with Crippen LogP contribution in [0.25, 0.3) is 22.4 Å². The average molecular weight is 618 g/mol. The molecule has 2 aliphatic rings. The van der Waals surface area contributed by atoms with Crippen LogP contribution in [0.3, 0.4) is 0 Å². The SMILES string of the molecule is COc1ccc2c(OC3CC4C(=O)NC(C(=O)O)CCC=CCCCCN(C)C(=O)[NH+]4C3)nc(-c3cccc(C)n3)nc2c1C. The number of carbonyl (C=O) groups excluding carboxylic acids is 2. The van der Waals surface area contributed by atoms with Gasteiger partial charge in [-0.2, -0.15) is 4.98 Å². The van der Waals surface area contributed by atoms with Crippen LogP contribution in [0.5, 0.6) is 11.6 Å². The van der Waals surface area contributed by atoms with Gasteiger partial charge in [0.15, 0.2) is 18.0 Å². The first kappa shape index (κ1) is 31.8. The molecule has 12 nitrogen and oxygen atoms in total. The number of carboxylic acids is 1. The summed E-state index contributed by atoms with van der Waals surface area (Å²) in [6.45, 7) is 4.57. The van der Waals surface area contributed by atoms with Gasteiger partial charge in [-0.1, -0.05) is 18.2 Å². The Morgan fingerprint density at radius 1 is 1.07 bits per heavy atom. The van der Waals surface area contributed by atoms with Crippen LogP contribution in [0.2, 0.25) is 0 Å². The molecule has 0 bridgehead atoms. The number of rotatable bonds is 5. The van der Waals surface area contributed by atoms with Crippen molar-refractivity contribution in [1.29, 1.82) is 0 Å². The molecule has 0 aliphatic carbocycles. The Balaban J connectivity index is 1.49. The van der Waals surface area contributed by atoms with E-state index in [1.165, 1.54) is 0 Å². The summed E-state index contributed by atoms with van der Waals surface area (Å²) in [5.41, 5.74) is 2.85. The highest BCUT2D eigenvalue weighted by atomic mass is 16.5. The van der Waals surface area contributed by atoms with Crippen molar-refractivity contribution in [2.24, 2.45) is 0 Å². The fourth-order valence-electron chi connectivity index (χ4n) is 5.99. The summed E-state index contributed by atoms with van der Waals surface area (Å²) in [5.74, 6) is -0.230. The van der Waals surface area contributed by atoms with Crippen molar-refractivity contribution in [2.75, 3.05) is 27.2 Å². The molecule has 2 aliphatic heterocycles. The Hall–Kier alpha value is -4.58. The molecule has 0 spiro atoms. The number of methoxy groups -OCH3 is 1. The van der Waals surface area contributed by atoms with Gasteiger partial charge in [0.2, 0.25) is 5.88 Å². The summed E-state index contributed by atoms with van der Waals surface area (Å²) in [7, 11) is 3.34. The van der Waals surface area contributed by atoms with Gasteiger partial charge in [-0.25, -0.2) is 24.5 Å². The second-order valence-electron chi connectivity index (χ2n) is 11.7. The molecule has 4 heterocycles. The monoisotopic (exact) mass is 617 g/mol. The number of amides is 3. The van der Waals surface area contributed by atoms with Crippen LogP contribution >= 0.6 is 0 Å². The van der Waals surface area contributed by atoms with Crippen LogP contribution < -0.4 is 19.7 Å². The summed E-state index contributed by atoms with van der Waals surface area (Å²) < 4.78 is 12.1. The van der Waals surface area contributed by atoms with Crippen LogP contribution in [-0.2, 0) is 9.59 Å². The average Bonchev–Trinajstić information content (AvgIpc) is 3.44. The maximum atomic E-state index is 13.7. The second-order valence-corrected chi connectivity index (χ2v) is 11.7. The molecule has 238 valence electrons. The lowest BCUT2D eigenvalue weighted by Gasteiger charge is -2.24. The molecule has 1 aromatic carbocycles. The Morgan fingerprint density at radius 3 is 2.62 bits per heavy atom. The molecular formula is C33H41N6O6+. The largest absolute Gasteiger partial charge is 0.496 e. The van der Waals surface area contributed by atoms with Crippen LogP contribution in [0.4, 0.5) is 4.79 Å². The number of aromatic nitrogens is 3. The van der Waals surface area contributed by atoms with Gasteiger partial charge in [0.1, 0.15) is 24.0 Å². The van der Waals surface area contributed by atoms with E-state index in [-0.39, 0.29) is 25.4 Å². The fourth-order valence-corrected chi connectivity index (χ4v) is 5.99. The molecule has 4 atom stereocenters. The molecular weight excluding hydrogens is 576 g/mol. The fraction of sp³-hybridized carbons (Fsp3) is 0.455. The van der Waals surface area contributed by atoms with E-state index >= 15 is 0 Å². The third kappa shape index (κ3) is 7.22. The first-order valence-electron chi connectivity index (χ1n) is 15.4. The molecule has 3 aromatic rings. The topological polar surface area (TPSA) is 148 Å². The number of aryl methyl sites for hydroxylation is 2. The summed E-state index contributed by atoms with van der Waals surface area (Å²) in [6.07, 6.45) is 6.99. The molecule has 3 amide bonds. The zero-order valence-electron chi connectivity index (χ0n) is 26.2. The Labute approximate surface area is 262 Å². The third-order valence-corrected chi connectivity index (χ3v) is 8.47. The van der Waals surface area contributed by atoms with Crippen molar-refractivity contribution >= 4 is 28.8 Å². The third-order valence-electron chi connectivity index (χ3n) is 8.47. The quantitative estimate of drug-likeness (QED) is 0.368. The van der Waals surface area contributed by atoms with Crippen LogP contribution in [0.15, 0.2) is 42.5 Å². The van der Waals surface area contributed by atoms with Gasteiger partial charge < -0.3 is 19.9 Å². The predicted octanol–water partition coefficient (Wildman–Crippen LogP) is 2.86. The number of carboxylic acid groups (broad SMARTS) is 1. The van der Waals surface area contributed by atoms with Gasteiger partial charge in [0.05, 0.1) is 24.4 Å². The number of carbonyl (C=O) groups is 3. The minimum Gasteiger partial charge on any atom is -0.496 e. The highest BCUT2D eigenvalue weighted by Crippen LogP contribution is 2.33. The summed E-state index contributed by atoms with van der Waals surface area (Å²) >= 11 is 0. The number of ether oxygens (including phenoxy) is 2. The molecule has 0 radical (unpaired) electrons. The number of nitrogens with zero attached hydrogens (tertiary/aromatic N) is 4. The van der Waals surface area contributed by atoms with E-state index in [4.69, 9.17) is 19.4 Å². The van der Waals surface area contributed by atoms with Gasteiger partial charge in [-0.05, 0) is 70.2 Å². The minimum atomic E-state index is -1.10. The van der Waals surface area contributed by atoms with E-state index in [0.29, 0.717) is 51.9 Å². The smallest absolute Gasteiger partial charge is 0.417 e. The maximum absolute atomic E-state index is 13.7. The van der Waals surface area contributed by atoms with E-state index in [1.807, 2.05) is 56.3 Å². The number of quaternary nitrogens is 1. The summed E-state index contributed by atoms with van der Waals surface area (Å²) in [6, 6.07) is 7.15. The van der Waals surface area contributed by atoms with Crippen molar-refractivity contribution in [1.82, 2.24) is 25.2 Å². The van der Waals surface area contributed by atoms with Crippen LogP contribution in [-0.4, -0.2) is 88.3 Å². The Kier molecular flexibility index (Phi) is 9.92. The lowest BCUT2D eigenvalue weighted by molar-refractivity contribution is -0.823. The Bertz CT molecular complexity index is 1610. The van der Waals surface area contributed by atoms with Crippen LogP contribution in [0, 0.1) is 13.8 Å². The van der Waals surface area contributed by atoms with Gasteiger partial charge in [0.25, 0.3) is 5.91 Å². The number of benzene rings is 1. The number of allylic oxidation sites excluding steroid dienone is 2. The summed E-state index contributed by atoms with van der Waals surface area (Å²) in [4.78, 5) is 55.6. The molecule has 12 heteroatoms. The maximum Gasteiger partial charge on any atom is 0.417 e. The van der Waals surface area contributed by atoms with Gasteiger partial charge in [-0.3, -0.25) is 9.69 Å². The number of aliphatic carboxylic acids is 1. The molecule has 3 N–H and O–H groups in total. The van der Waals surface area contributed by atoms with Gasteiger partial charge in [0, 0.05) is 24.8 Å². The first-order valence-corrected chi connectivity index (χ1v) is 15.4. The van der Waals surface area contributed by atoms with Crippen molar-refractivity contribution in [2.45, 2.75) is 70.6 Å². The number of nitrogens with one attached hydrogen (secondary N) is 2.